The molecule has 7 heteroatoms. The number of carbonyl (C=O) groups excluding carboxylic acids is 3. The fourth-order valence-electron chi connectivity index (χ4n) is 1.46. The van der Waals surface area contributed by atoms with Crippen LogP contribution in [0.1, 0.15) is 18.4 Å². The van der Waals surface area contributed by atoms with Crippen LogP contribution in [0.15, 0.2) is 24.3 Å². The molecule has 0 fully saturated rings. The number of hydrogen-bond donors (Lipinski definition) is 4. The van der Waals surface area contributed by atoms with Crippen molar-refractivity contribution in [3.8, 4) is 0 Å². The monoisotopic (exact) mass is 279 g/mol. The number of nitrogens with one attached hydrogen (secondary N) is 3. The highest BCUT2D eigenvalue weighted by Crippen LogP contribution is 2.13. The van der Waals surface area contributed by atoms with Crippen LogP contribution in [0, 0.1) is 6.92 Å². The fraction of sp³-hybridized carbons (Fsp3) is 0.308. The highest BCUT2D eigenvalue weighted by atomic mass is 16.5. The van der Waals surface area contributed by atoms with Crippen LogP contribution in [-0.4, -0.2) is 29.5 Å². The molecule has 0 unspecified atom stereocenters. The maximum absolute atomic E-state index is 11.7. The van der Waals surface area contributed by atoms with E-state index in [-0.39, 0.29) is 25.3 Å². The van der Waals surface area contributed by atoms with Gasteiger partial charge in [-0.1, -0.05) is 18.2 Å². The third kappa shape index (κ3) is 5.49. The van der Waals surface area contributed by atoms with Crippen molar-refractivity contribution >= 4 is 23.4 Å². The fourth-order valence-corrected chi connectivity index (χ4v) is 1.46. The molecule has 0 heterocycles. The molecule has 4 N–H and O–H groups in total. The third-order valence-corrected chi connectivity index (χ3v) is 2.57. The van der Waals surface area contributed by atoms with Crippen molar-refractivity contribution in [3.05, 3.63) is 29.8 Å². The second kappa shape index (κ2) is 7.90. The van der Waals surface area contributed by atoms with E-state index >= 15 is 0 Å². The van der Waals surface area contributed by atoms with Crippen molar-refractivity contribution in [2.45, 2.75) is 19.8 Å². The molecule has 0 aromatic heterocycles. The Hall–Kier alpha value is -2.41. The number of anilines is 1. The standard InChI is InChI=1S/C13H17N3O4/c1-9-4-2-3-5-10(9)15-12(18)7-6-11(17)14-8-13(19)16-20/h2-5,20H,6-8H2,1H3,(H,14,17)(H,15,18)(H,16,19). The van der Waals surface area contributed by atoms with Crippen LogP contribution in [-0.2, 0) is 14.4 Å². The normalized spacial score (nSPS) is 9.70. The molecule has 0 aliphatic rings. The number of amides is 3. The van der Waals surface area contributed by atoms with E-state index in [4.69, 9.17) is 5.21 Å². The summed E-state index contributed by atoms with van der Waals surface area (Å²) in [6.07, 6.45) is -0.0165. The van der Waals surface area contributed by atoms with E-state index in [9.17, 15) is 14.4 Å². The Bertz CT molecular complexity index is 502. The Balaban J connectivity index is 2.31. The van der Waals surface area contributed by atoms with Gasteiger partial charge in [0.15, 0.2) is 0 Å². The Morgan fingerprint density at radius 1 is 1.05 bits per heavy atom. The zero-order valence-electron chi connectivity index (χ0n) is 11.1. The Morgan fingerprint density at radius 2 is 1.70 bits per heavy atom. The first-order chi connectivity index (χ1) is 9.52. The molecular formula is C13H17N3O4. The molecule has 1 rings (SSSR count). The summed E-state index contributed by atoms with van der Waals surface area (Å²) < 4.78 is 0. The van der Waals surface area contributed by atoms with Crippen molar-refractivity contribution in [3.63, 3.8) is 0 Å². The zero-order chi connectivity index (χ0) is 15.0. The summed E-state index contributed by atoms with van der Waals surface area (Å²) in [4.78, 5) is 33.7. The molecule has 3 amide bonds. The van der Waals surface area contributed by atoms with Crippen LogP contribution in [0.3, 0.4) is 0 Å². The summed E-state index contributed by atoms with van der Waals surface area (Å²) in [5, 5.41) is 13.2. The molecule has 0 saturated heterocycles. The smallest absolute Gasteiger partial charge is 0.262 e. The summed E-state index contributed by atoms with van der Waals surface area (Å²) in [5.74, 6) is -1.43. The van der Waals surface area contributed by atoms with E-state index in [1.807, 2.05) is 25.1 Å². The summed E-state index contributed by atoms with van der Waals surface area (Å²) in [5.41, 5.74) is 3.03. The molecule has 0 aliphatic carbocycles. The topological polar surface area (TPSA) is 108 Å². The Labute approximate surface area is 116 Å². The second-order valence-electron chi connectivity index (χ2n) is 4.17. The van der Waals surface area contributed by atoms with Gasteiger partial charge in [-0.15, -0.1) is 0 Å². The molecule has 1 aromatic rings. The first-order valence-electron chi connectivity index (χ1n) is 6.08. The number of hydroxylamine groups is 1. The Kier molecular flexibility index (Phi) is 6.18. The predicted octanol–water partition coefficient (Wildman–Crippen LogP) is 0.335. The van der Waals surface area contributed by atoms with Crippen LogP contribution < -0.4 is 16.1 Å². The van der Waals surface area contributed by atoms with E-state index in [1.54, 1.807) is 6.07 Å². The SMILES string of the molecule is Cc1ccccc1NC(=O)CCC(=O)NCC(=O)NO. The second-order valence-corrected chi connectivity index (χ2v) is 4.17. The van der Waals surface area contributed by atoms with Gasteiger partial charge >= 0.3 is 0 Å². The number of benzene rings is 1. The molecule has 0 atom stereocenters. The zero-order valence-corrected chi connectivity index (χ0v) is 11.1. The van der Waals surface area contributed by atoms with Gasteiger partial charge in [0.25, 0.3) is 5.91 Å². The lowest BCUT2D eigenvalue weighted by Gasteiger charge is -2.08. The number of aryl methyl sites for hydroxylation is 1. The van der Waals surface area contributed by atoms with Gasteiger partial charge in [0.05, 0.1) is 6.54 Å². The third-order valence-electron chi connectivity index (χ3n) is 2.57. The van der Waals surface area contributed by atoms with Crippen LogP contribution in [0.5, 0.6) is 0 Å². The molecular weight excluding hydrogens is 262 g/mol. The average molecular weight is 279 g/mol. The lowest BCUT2D eigenvalue weighted by Crippen LogP contribution is -2.35. The minimum atomic E-state index is -0.720. The first-order valence-corrected chi connectivity index (χ1v) is 6.08. The van der Waals surface area contributed by atoms with Crippen molar-refractivity contribution in [1.82, 2.24) is 10.8 Å². The average Bonchev–Trinajstić information content (AvgIpc) is 2.45. The van der Waals surface area contributed by atoms with Crippen molar-refractivity contribution in [2.75, 3.05) is 11.9 Å². The van der Waals surface area contributed by atoms with Gasteiger partial charge < -0.3 is 10.6 Å². The number of para-hydroxylation sites is 1. The van der Waals surface area contributed by atoms with Gasteiger partial charge in [-0.05, 0) is 18.6 Å². The molecule has 0 aliphatic heterocycles. The van der Waals surface area contributed by atoms with Crippen LogP contribution >= 0.6 is 0 Å². The number of rotatable bonds is 6. The molecule has 7 nitrogen and oxygen atoms in total. The first kappa shape index (κ1) is 15.6. The maximum Gasteiger partial charge on any atom is 0.262 e. The number of hydrogen-bond acceptors (Lipinski definition) is 4. The molecule has 108 valence electrons. The summed E-state index contributed by atoms with van der Waals surface area (Å²) >= 11 is 0. The van der Waals surface area contributed by atoms with E-state index in [0.29, 0.717) is 5.69 Å². The lowest BCUT2D eigenvalue weighted by molar-refractivity contribution is -0.131. The highest BCUT2D eigenvalue weighted by molar-refractivity contribution is 5.94. The molecule has 1 aromatic carbocycles. The van der Waals surface area contributed by atoms with E-state index in [1.165, 1.54) is 5.48 Å². The molecule has 0 spiro atoms. The van der Waals surface area contributed by atoms with Gasteiger partial charge in [-0.3, -0.25) is 19.6 Å². The van der Waals surface area contributed by atoms with E-state index in [2.05, 4.69) is 10.6 Å². The van der Waals surface area contributed by atoms with Crippen molar-refractivity contribution in [1.29, 1.82) is 0 Å². The lowest BCUT2D eigenvalue weighted by atomic mass is 10.2. The van der Waals surface area contributed by atoms with Crippen LogP contribution in [0.25, 0.3) is 0 Å². The molecule has 0 bridgehead atoms. The van der Waals surface area contributed by atoms with Crippen molar-refractivity contribution < 1.29 is 19.6 Å². The van der Waals surface area contributed by atoms with Crippen LogP contribution in [0.4, 0.5) is 5.69 Å². The van der Waals surface area contributed by atoms with Gasteiger partial charge in [-0.25, -0.2) is 5.48 Å². The minimum absolute atomic E-state index is 0.0148. The largest absolute Gasteiger partial charge is 0.347 e. The maximum atomic E-state index is 11.7. The minimum Gasteiger partial charge on any atom is -0.347 e. The van der Waals surface area contributed by atoms with Gasteiger partial charge in [0.2, 0.25) is 11.8 Å². The van der Waals surface area contributed by atoms with E-state index in [0.717, 1.165) is 5.56 Å². The Morgan fingerprint density at radius 3 is 2.35 bits per heavy atom. The van der Waals surface area contributed by atoms with Gasteiger partial charge in [-0.2, -0.15) is 0 Å². The van der Waals surface area contributed by atoms with E-state index < -0.39 is 11.8 Å². The molecule has 0 radical (unpaired) electrons. The number of carbonyl (C=O) groups is 3. The summed E-state index contributed by atoms with van der Waals surface area (Å²) in [6.45, 7) is 1.55. The van der Waals surface area contributed by atoms with Gasteiger partial charge in [0, 0.05) is 18.5 Å². The van der Waals surface area contributed by atoms with Gasteiger partial charge in [0.1, 0.15) is 0 Å². The molecule has 20 heavy (non-hydrogen) atoms. The van der Waals surface area contributed by atoms with Crippen LogP contribution in [0.2, 0.25) is 0 Å². The predicted molar refractivity (Wildman–Crippen MR) is 72.0 cm³/mol. The summed E-state index contributed by atoms with van der Waals surface area (Å²) in [7, 11) is 0. The quantitative estimate of drug-likeness (QED) is 0.444. The van der Waals surface area contributed by atoms with Crippen molar-refractivity contribution in [2.24, 2.45) is 0 Å². The molecule has 0 saturated carbocycles. The summed E-state index contributed by atoms with van der Waals surface area (Å²) in [6, 6.07) is 7.32. The highest BCUT2D eigenvalue weighted by Gasteiger charge is 2.09.